The number of aliphatic hydroxyl groups is 1. The van der Waals surface area contributed by atoms with Crippen molar-refractivity contribution in [2.75, 3.05) is 13.6 Å². The van der Waals surface area contributed by atoms with Gasteiger partial charge < -0.3 is 20.4 Å². The minimum Gasteiger partial charge on any atom is -0.481 e. The number of rotatable bonds is 6. The van der Waals surface area contributed by atoms with E-state index in [1.165, 1.54) is 11.8 Å². The van der Waals surface area contributed by atoms with Crippen LogP contribution < -0.4 is 5.32 Å². The maximum Gasteiger partial charge on any atom is 0.317 e. The fourth-order valence-electron chi connectivity index (χ4n) is 1.74. The largest absolute Gasteiger partial charge is 0.481 e. The van der Waals surface area contributed by atoms with Crippen molar-refractivity contribution in [3.63, 3.8) is 0 Å². The van der Waals surface area contributed by atoms with E-state index in [0.717, 1.165) is 5.56 Å². The number of halogens is 1. The molecule has 3 N–H and O–H groups in total. The molecule has 2 amide bonds. The van der Waals surface area contributed by atoms with Gasteiger partial charge in [-0.3, -0.25) is 4.79 Å². The van der Waals surface area contributed by atoms with Crippen LogP contribution in [0.2, 0.25) is 5.02 Å². The van der Waals surface area contributed by atoms with Crippen LogP contribution >= 0.6 is 11.6 Å². The van der Waals surface area contributed by atoms with Crippen LogP contribution in [-0.2, 0) is 11.3 Å². The zero-order chi connectivity index (χ0) is 16.0. The lowest BCUT2D eigenvalue weighted by Crippen LogP contribution is -2.46. The molecule has 1 aromatic rings. The first kappa shape index (κ1) is 17.3. The van der Waals surface area contributed by atoms with Gasteiger partial charge in [0.25, 0.3) is 0 Å². The average molecular weight is 315 g/mol. The molecule has 1 atom stereocenters. The third kappa shape index (κ3) is 6.01. The minimum atomic E-state index is -1.49. The molecular formula is C14H19ClN2O4. The summed E-state index contributed by atoms with van der Waals surface area (Å²) in [6.07, 6.45) is -0.443. The molecule has 1 rings (SSSR count). The lowest BCUT2D eigenvalue weighted by atomic mass is 10.0. The van der Waals surface area contributed by atoms with E-state index in [4.69, 9.17) is 16.7 Å². The normalized spacial score (nSPS) is 13.3. The smallest absolute Gasteiger partial charge is 0.317 e. The molecule has 1 unspecified atom stereocenters. The van der Waals surface area contributed by atoms with E-state index >= 15 is 0 Å². The molecule has 0 saturated carbocycles. The minimum absolute atomic E-state index is 0.148. The van der Waals surface area contributed by atoms with Crippen molar-refractivity contribution in [1.29, 1.82) is 0 Å². The highest BCUT2D eigenvalue weighted by Crippen LogP contribution is 2.16. The van der Waals surface area contributed by atoms with Crippen LogP contribution in [0.1, 0.15) is 18.9 Å². The van der Waals surface area contributed by atoms with Crippen LogP contribution in [-0.4, -0.2) is 46.3 Å². The Balaban J connectivity index is 2.52. The number of amides is 2. The van der Waals surface area contributed by atoms with Crippen molar-refractivity contribution in [3.8, 4) is 0 Å². The van der Waals surface area contributed by atoms with Gasteiger partial charge in [-0.2, -0.15) is 0 Å². The van der Waals surface area contributed by atoms with Gasteiger partial charge in [-0.1, -0.05) is 29.8 Å². The molecule has 116 valence electrons. The van der Waals surface area contributed by atoms with E-state index in [0.29, 0.717) is 11.6 Å². The number of benzene rings is 1. The van der Waals surface area contributed by atoms with E-state index in [-0.39, 0.29) is 6.54 Å². The highest BCUT2D eigenvalue weighted by molar-refractivity contribution is 6.31. The molecule has 0 fully saturated rings. The SMILES string of the molecule is CN(Cc1ccccc1Cl)C(=O)NCC(C)(O)CC(=O)O. The molecule has 6 nitrogen and oxygen atoms in total. The predicted octanol–water partition coefficient (Wildman–Crippen LogP) is 1.71. The monoisotopic (exact) mass is 314 g/mol. The molecule has 21 heavy (non-hydrogen) atoms. The van der Waals surface area contributed by atoms with Gasteiger partial charge in [0.1, 0.15) is 0 Å². The topological polar surface area (TPSA) is 89.9 Å². The Hall–Kier alpha value is -1.79. The van der Waals surface area contributed by atoms with Crippen molar-refractivity contribution in [1.82, 2.24) is 10.2 Å². The van der Waals surface area contributed by atoms with E-state index in [1.54, 1.807) is 19.2 Å². The summed E-state index contributed by atoms with van der Waals surface area (Å²) in [5, 5.41) is 21.5. The second-order valence-electron chi connectivity index (χ2n) is 5.17. The van der Waals surface area contributed by atoms with Gasteiger partial charge in [0.15, 0.2) is 0 Å². The van der Waals surface area contributed by atoms with Crippen LogP contribution in [0.15, 0.2) is 24.3 Å². The summed E-state index contributed by atoms with van der Waals surface area (Å²) in [6, 6.07) is 6.76. The van der Waals surface area contributed by atoms with Crippen LogP contribution in [0.5, 0.6) is 0 Å². The fraction of sp³-hybridized carbons (Fsp3) is 0.429. The molecule has 0 aliphatic heterocycles. The van der Waals surface area contributed by atoms with Crippen molar-refractivity contribution in [3.05, 3.63) is 34.9 Å². The van der Waals surface area contributed by atoms with Gasteiger partial charge in [-0.15, -0.1) is 0 Å². The Bertz CT molecular complexity index is 519. The number of carboxylic acids is 1. The quantitative estimate of drug-likeness (QED) is 0.745. The Morgan fingerprint density at radius 2 is 2.00 bits per heavy atom. The van der Waals surface area contributed by atoms with Gasteiger partial charge in [0.05, 0.1) is 12.0 Å². The number of carbonyl (C=O) groups is 2. The van der Waals surface area contributed by atoms with Crippen molar-refractivity contribution in [2.24, 2.45) is 0 Å². The Kier molecular flexibility index (Phi) is 5.99. The van der Waals surface area contributed by atoms with E-state index < -0.39 is 24.0 Å². The molecule has 0 aliphatic carbocycles. The number of aliphatic carboxylic acids is 1. The molecule has 0 radical (unpaired) electrons. The number of hydrogen-bond acceptors (Lipinski definition) is 3. The summed E-state index contributed by atoms with van der Waals surface area (Å²) < 4.78 is 0. The molecular weight excluding hydrogens is 296 g/mol. The Morgan fingerprint density at radius 3 is 2.57 bits per heavy atom. The van der Waals surface area contributed by atoms with E-state index in [1.807, 2.05) is 12.1 Å². The van der Waals surface area contributed by atoms with Crippen molar-refractivity contribution < 1.29 is 19.8 Å². The van der Waals surface area contributed by atoms with Crippen molar-refractivity contribution in [2.45, 2.75) is 25.5 Å². The summed E-state index contributed by atoms with van der Waals surface area (Å²) in [6.45, 7) is 1.52. The zero-order valence-electron chi connectivity index (χ0n) is 12.0. The summed E-state index contributed by atoms with van der Waals surface area (Å²) in [4.78, 5) is 23.9. The molecule has 7 heteroatoms. The molecule has 0 aliphatic rings. The van der Waals surface area contributed by atoms with Crippen LogP contribution in [0.25, 0.3) is 0 Å². The molecule has 1 aromatic carbocycles. The standard InChI is InChI=1S/C14H19ClN2O4/c1-14(21,7-12(18)19)9-16-13(20)17(2)8-10-5-3-4-6-11(10)15/h3-6,21H,7-9H2,1-2H3,(H,16,20)(H,18,19). The van der Waals surface area contributed by atoms with Crippen LogP contribution in [0.3, 0.4) is 0 Å². The highest BCUT2D eigenvalue weighted by Gasteiger charge is 2.25. The molecule has 0 heterocycles. The summed E-state index contributed by atoms with van der Waals surface area (Å²) in [5.74, 6) is -1.13. The second-order valence-corrected chi connectivity index (χ2v) is 5.58. The van der Waals surface area contributed by atoms with Crippen molar-refractivity contribution >= 4 is 23.6 Å². The number of nitrogens with zero attached hydrogens (tertiary/aromatic N) is 1. The van der Waals surface area contributed by atoms with Gasteiger partial charge in [-0.05, 0) is 18.6 Å². The first-order chi connectivity index (χ1) is 9.71. The number of nitrogens with one attached hydrogen (secondary N) is 1. The van der Waals surface area contributed by atoms with Crippen LogP contribution in [0, 0.1) is 0 Å². The summed E-state index contributed by atoms with van der Waals surface area (Å²) >= 11 is 6.02. The lowest BCUT2D eigenvalue weighted by molar-refractivity contribution is -0.141. The van der Waals surface area contributed by atoms with Gasteiger partial charge in [0.2, 0.25) is 0 Å². The van der Waals surface area contributed by atoms with Crippen LogP contribution in [0.4, 0.5) is 4.79 Å². The first-order valence-electron chi connectivity index (χ1n) is 6.38. The third-order valence-corrected chi connectivity index (χ3v) is 3.23. The number of carbonyl (C=O) groups excluding carboxylic acids is 1. The van der Waals surface area contributed by atoms with Gasteiger partial charge in [-0.25, -0.2) is 4.79 Å². The maximum atomic E-state index is 11.9. The molecule has 0 aromatic heterocycles. The third-order valence-electron chi connectivity index (χ3n) is 2.86. The molecule has 0 bridgehead atoms. The highest BCUT2D eigenvalue weighted by atomic mass is 35.5. The maximum absolute atomic E-state index is 11.9. The fourth-order valence-corrected chi connectivity index (χ4v) is 1.94. The Morgan fingerprint density at radius 1 is 1.38 bits per heavy atom. The first-order valence-corrected chi connectivity index (χ1v) is 6.75. The summed E-state index contributed by atoms with van der Waals surface area (Å²) in [7, 11) is 1.59. The Labute approximate surface area is 128 Å². The van der Waals surface area contributed by atoms with E-state index in [2.05, 4.69) is 5.32 Å². The van der Waals surface area contributed by atoms with E-state index in [9.17, 15) is 14.7 Å². The van der Waals surface area contributed by atoms with Gasteiger partial charge >= 0.3 is 12.0 Å². The van der Waals surface area contributed by atoms with Gasteiger partial charge in [0, 0.05) is 25.2 Å². The summed E-state index contributed by atoms with van der Waals surface area (Å²) in [5.41, 5.74) is -0.693. The molecule has 0 spiro atoms. The predicted molar refractivity (Wildman–Crippen MR) is 79.2 cm³/mol. The number of hydrogen-bond donors (Lipinski definition) is 3. The average Bonchev–Trinajstić information content (AvgIpc) is 2.37. The number of urea groups is 1. The second kappa shape index (κ2) is 7.28. The zero-order valence-corrected chi connectivity index (χ0v) is 12.7. The number of carboxylic acid groups (broad SMARTS) is 1. The molecule has 0 saturated heterocycles. The lowest BCUT2D eigenvalue weighted by Gasteiger charge is -2.24.